The van der Waals surface area contributed by atoms with Crippen LogP contribution in [0.3, 0.4) is 0 Å². The van der Waals surface area contributed by atoms with Gasteiger partial charge in [-0.05, 0) is 12.8 Å². The Bertz CT molecular complexity index is 725. The number of aryl methyl sites for hydroxylation is 1. The third kappa shape index (κ3) is 1.66. The summed E-state index contributed by atoms with van der Waals surface area (Å²) in [4.78, 5) is 15.6. The highest BCUT2D eigenvalue weighted by molar-refractivity contribution is 5.77. The summed E-state index contributed by atoms with van der Waals surface area (Å²) in [5.41, 5.74) is 10.1. The van der Waals surface area contributed by atoms with Crippen LogP contribution in [0.2, 0.25) is 0 Å². The van der Waals surface area contributed by atoms with Gasteiger partial charge in [0.05, 0.1) is 23.4 Å². The van der Waals surface area contributed by atoms with E-state index in [1.165, 1.54) is 6.33 Å². The molecule has 3 aromatic heterocycles. The largest absolute Gasteiger partial charge is 0.396 e. The topological polar surface area (TPSA) is 98.3 Å². The van der Waals surface area contributed by atoms with Crippen molar-refractivity contribution in [2.24, 2.45) is 0 Å². The zero-order valence-electron chi connectivity index (χ0n) is 10.9. The van der Waals surface area contributed by atoms with Gasteiger partial charge in [-0.3, -0.25) is 0 Å². The van der Waals surface area contributed by atoms with Crippen molar-refractivity contribution in [2.45, 2.75) is 26.7 Å². The van der Waals surface area contributed by atoms with Crippen molar-refractivity contribution in [3.8, 4) is 5.82 Å². The molecule has 7 nitrogen and oxygen atoms in total. The first-order valence-corrected chi connectivity index (χ1v) is 6.26. The van der Waals surface area contributed by atoms with Crippen molar-refractivity contribution in [3.05, 3.63) is 24.0 Å². The van der Waals surface area contributed by atoms with Crippen LogP contribution in [-0.4, -0.2) is 29.7 Å². The molecule has 0 bridgehead atoms. The molecule has 0 spiro atoms. The van der Waals surface area contributed by atoms with E-state index in [2.05, 4.69) is 32.0 Å². The van der Waals surface area contributed by atoms with Gasteiger partial charge in [0.1, 0.15) is 11.8 Å². The maximum Gasteiger partial charge on any atom is 0.182 e. The minimum atomic E-state index is 0.624. The second kappa shape index (κ2) is 4.34. The lowest BCUT2D eigenvalue weighted by molar-refractivity contribution is 0.774. The number of nitrogens with zero attached hydrogens (tertiary/aromatic N) is 5. The molecule has 0 saturated heterocycles. The zero-order chi connectivity index (χ0) is 13.4. The molecule has 0 aliphatic rings. The van der Waals surface area contributed by atoms with Crippen LogP contribution in [0.4, 0.5) is 5.69 Å². The Balaban J connectivity index is 2.29. The molecule has 0 aliphatic heterocycles. The SMILES string of the molecule is CCc1nn(-c2ncnc3nc[nH]c23)c(CC)c1N. The third-order valence-corrected chi connectivity index (χ3v) is 3.17. The second-order valence-electron chi connectivity index (χ2n) is 4.22. The van der Waals surface area contributed by atoms with Gasteiger partial charge < -0.3 is 10.7 Å². The molecule has 19 heavy (non-hydrogen) atoms. The van der Waals surface area contributed by atoms with Crippen LogP contribution in [-0.2, 0) is 12.8 Å². The van der Waals surface area contributed by atoms with E-state index in [9.17, 15) is 0 Å². The summed E-state index contributed by atoms with van der Waals surface area (Å²) in [6.07, 6.45) is 4.67. The van der Waals surface area contributed by atoms with E-state index < -0.39 is 0 Å². The minimum Gasteiger partial charge on any atom is -0.396 e. The molecule has 7 heteroatoms. The van der Waals surface area contributed by atoms with Gasteiger partial charge in [0.25, 0.3) is 0 Å². The van der Waals surface area contributed by atoms with Crippen LogP contribution in [0.1, 0.15) is 25.2 Å². The summed E-state index contributed by atoms with van der Waals surface area (Å²) in [6, 6.07) is 0. The highest BCUT2D eigenvalue weighted by Gasteiger charge is 2.17. The molecule has 3 rings (SSSR count). The molecule has 98 valence electrons. The Hall–Kier alpha value is -2.44. The average Bonchev–Trinajstić information content (AvgIpc) is 3.02. The van der Waals surface area contributed by atoms with Gasteiger partial charge in [-0.2, -0.15) is 5.10 Å². The van der Waals surface area contributed by atoms with Gasteiger partial charge in [-0.15, -0.1) is 0 Å². The molecule has 0 aliphatic carbocycles. The number of nitrogens with one attached hydrogen (secondary N) is 1. The molecule has 3 aromatic rings. The molecule has 0 aromatic carbocycles. The van der Waals surface area contributed by atoms with Crippen LogP contribution in [0.25, 0.3) is 17.0 Å². The lowest BCUT2D eigenvalue weighted by Gasteiger charge is -2.05. The molecular formula is C12H15N7. The van der Waals surface area contributed by atoms with Crippen LogP contribution in [0, 0.1) is 0 Å². The standard InChI is InChI=1S/C12H15N7/c1-3-7-9(13)8(4-2)19(18-7)12-10-11(15-5-14-10)16-6-17-12/h5-6H,3-4,13H2,1-2H3,(H,14,15,16,17). The van der Waals surface area contributed by atoms with Gasteiger partial charge in [0.2, 0.25) is 0 Å². The number of aromatic nitrogens is 6. The second-order valence-corrected chi connectivity index (χ2v) is 4.22. The molecule has 0 saturated carbocycles. The molecule has 0 fully saturated rings. The highest BCUT2D eigenvalue weighted by Crippen LogP contribution is 2.23. The first-order chi connectivity index (χ1) is 9.26. The van der Waals surface area contributed by atoms with Gasteiger partial charge >= 0.3 is 0 Å². The van der Waals surface area contributed by atoms with Crippen LogP contribution in [0.5, 0.6) is 0 Å². The fraction of sp³-hybridized carbons (Fsp3) is 0.333. The quantitative estimate of drug-likeness (QED) is 0.735. The summed E-state index contributed by atoms with van der Waals surface area (Å²) in [5, 5.41) is 4.55. The normalized spacial score (nSPS) is 11.3. The van der Waals surface area contributed by atoms with Crippen LogP contribution < -0.4 is 5.73 Å². The fourth-order valence-corrected chi connectivity index (χ4v) is 2.21. The molecule has 3 N–H and O–H groups in total. The van der Waals surface area contributed by atoms with E-state index in [-0.39, 0.29) is 0 Å². The van der Waals surface area contributed by atoms with Gasteiger partial charge in [0.15, 0.2) is 11.5 Å². The van der Waals surface area contributed by atoms with E-state index in [0.29, 0.717) is 11.5 Å². The van der Waals surface area contributed by atoms with E-state index in [1.54, 1.807) is 11.0 Å². The number of nitrogen functional groups attached to an aromatic ring is 1. The molecule has 0 atom stereocenters. The van der Waals surface area contributed by atoms with Crippen molar-refractivity contribution in [1.82, 2.24) is 29.7 Å². The maximum atomic E-state index is 6.13. The molecular weight excluding hydrogens is 242 g/mol. The van der Waals surface area contributed by atoms with E-state index in [0.717, 1.165) is 35.4 Å². The van der Waals surface area contributed by atoms with Crippen LogP contribution >= 0.6 is 0 Å². The van der Waals surface area contributed by atoms with Gasteiger partial charge in [-0.25, -0.2) is 19.6 Å². The number of H-pyrrole nitrogens is 1. The summed E-state index contributed by atoms with van der Waals surface area (Å²) < 4.78 is 1.79. The number of hydrogen-bond donors (Lipinski definition) is 2. The van der Waals surface area contributed by atoms with E-state index in [1.807, 2.05) is 6.92 Å². The van der Waals surface area contributed by atoms with Crippen molar-refractivity contribution in [2.75, 3.05) is 5.73 Å². The fourth-order valence-electron chi connectivity index (χ4n) is 2.21. The number of fused-ring (bicyclic) bond motifs is 1. The first kappa shape index (κ1) is 11.6. The Morgan fingerprint density at radius 2 is 2.05 bits per heavy atom. The molecule has 0 amide bonds. The first-order valence-electron chi connectivity index (χ1n) is 6.26. The minimum absolute atomic E-state index is 0.624. The average molecular weight is 257 g/mol. The van der Waals surface area contributed by atoms with E-state index >= 15 is 0 Å². The number of anilines is 1. The van der Waals surface area contributed by atoms with Crippen molar-refractivity contribution < 1.29 is 0 Å². The predicted octanol–water partition coefficient (Wildman–Crippen LogP) is 1.25. The Kier molecular flexibility index (Phi) is 2.66. The smallest absolute Gasteiger partial charge is 0.182 e. The summed E-state index contributed by atoms with van der Waals surface area (Å²) >= 11 is 0. The van der Waals surface area contributed by atoms with Gasteiger partial charge in [0, 0.05) is 0 Å². The number of rotatable bonds is 3. The number of hydrogen-bond acceptors (Lipinski definition) is 5. The predicted molar refractivity (Wildman–Crippen MR) is 72.0 cm³/mol. The highest BCUT2D eigenvalue weighted by atomic mass is 15.3. The number of nitrogens with two attached hydrogens (primary N) is 1. The molecule has 0 unspecified atom stereocenters. The summed E-state index contributed by atoms with van der Waals surface area (Å²) in [7, 11) is 0. The van der Waals surface area contributed by atoms with Crippen molar-refractivity contribution in [3.63, 3.8) is 0 Å². The lowest BCUT2D eigenvalue weighted by Crippen LogP contribution is -2.06. The summed E-state index contributed by atoms with van der Waals surface area (Å²) in [5.74, 6) is 0.686. The third-order valence-electron chi connectivity index (χ3n) is 3.17. The number of imidazole rings is 1. The zero-order valence-corrected chi connectivity index (χ0v) is 10.9. The van der Waals surface area contributed by atoms with Gasteiger partial charge in [-0.1, -0.05) is 13.8 Å². The van der Waals surface area contributed by atoms with E-state index in [4.69, 9.17) is 5.73 Å². The monoisotopic (exact) mass is 257 g/mol. The summed E-state index contributed by atoms with van der Waals surface area (Å²) in [6.45, 7) is 4.09. The van der Waals surface area contributed by atoms with Crippen molar-refractivity contribution in [1.29, 1.82) is 0 Å². The maximum absolute atomic E-state index is 6.13. The number of aromatic amines is 1. The Morgan fingerprint density at radius 1 is 1.21 bits per heavy atom. The molecule has 3 heterocycles. The Morgan fingerprint density at radius 3 is 2.79 bits per heavy atom. The van der Waals surface area contributed by atoms with Crippen molar-refractivity contribution >= 4 is 16.9 Å². The van der Waals surface area contributed by atoms with Crippen LogP contribution in [0.15, 0.2) is 12.7 Å². The lowest BCUT2D eigenvalue weighted by atomic mass is 10.2. The molecule has 0 radical (unpaired) electrons. The Labute approximate surface area is 109 Å².